The minimum absolute atomic E-state index is 1.03. The Hall–Kier alpha value is -9.38. The van der Waals surface area contributed by atoms with Crippen LogP contribution >= 0.6 is 0 Å². The third-order valence-corrected chi connectivity index (χ3v) is 13.1. The maximum absolute atomic E-state index is 3.76. The summed E-state index contributed by atoms with van der Waals surface area (Å²) in [5.41, 5.74) is 13.9. The molecule has 12 aromatic carbocycles. The highest BCUT2D eigenvalue weighted by Crippen LogP contribution is 2.44. The Bertz CT molecular complexity index is 3580. The smallest absolute Gasteiger partial charge is 0.0469 e. The van der Waals surface area contributed by atoms with Crippen molar-refractivity contribution in [3.63, 3.8) is 0 Å². The van der Waals surface area contributed by atoms with Gasteiger partial charge in [0.25, 0.3) is 0 Å². The Balaban J connectivity index is 1.00. The van der Waals surface area contributed by atoms with Crippen molar-refractivity contribution in [1.29, 1.82) is 0 Å². The van der Waals surface area contributed by atoms with Gasteiger partial charge in [0.05, 0.1) is 0 Å². The number of nitrogens with one attached hydrogen (secondary N) is 1. The fourth-order valence-electron chi connectivity index (χ4n) is 9.68. The summed E-state index contributed by atoms with van der Waals surface area (Å²) in [6.45, 7) is 0. The number of benzene rings is 12. The molecule has 0 saturated heterocycles. The Morgan fingerprint density at radius 1 is 0.214 bits per heavy atom. The first-order valence-corrected chi connectivity index (χ1v) is 23.8. The van der Waals surface area contributed by atoms with Gasteiger partial charge in [-0.15, -0.1) is 0 Å². The van der Waals surface area contributed by atoms with Crippen molar-refractivity contribution in [2.24, 2.45) is 0 Å². The summed E-state index contributed by atoms with van der Waals surface area (Å²) in [6, 6.07) is 102. The summed E-state index contributed by atoms with van der Waals surface area (Å²) in [6.07, 6.45) is 0. The van der Waals surface area contributed by atoms with Crippen LogP contribution in [0.4, 0.5) is 62.6 Å². The zero-order valence-electron chi connectivity index (χ0n) is 38.5. The van der Waals surface area contributed by atoms with Gasteiger partial charge in [-0.25, -0.2) is 0 Å². The van der Waals surface area contributed by atoms with E-state index in [4.69, 9.17) is 0 Å². The lowest BCUT2D eigenvalue weighted by atomic mass is 9.98. The molecule has 70 heavy (non-hydrogen) atoms. The molecule has 0 amide bonds. The standard InChI is InChI=1S/C66H48N4/c1-4-22-55(23-5-1)67-66-43-42-64(47-65(66)54-29-28-48-16-10-13-19-51(48)44-54)70(60-38-34-58(35-39-60)68(56-24-6-2-7-25-56)62-32-30-49-17-11-14-20-52(49)45-62)61-40-36-59(37-41-61)69(57-26-8-3-9-27-57)63-33-31-50-18-12-15-21-53(50)46-63/h1-47,67H. The van der Waals surface area contributed by atoms with Crippen molar-refractivity contribution < 1.29 is 0 Å². The van der Waals surface area contributed by atoms with E-state index in [0.29, 0.717) is 0 Å². The van der Waals surface area contributed by atoms with Crippen LogP contribution in [0.2, 0.25) is 0 Å². The minimum Gasteiger partial charge on any atom is -0.355 e. The molecule has 0 saturated carbocycles. The van der Waals surface area contributed by atoms with Gasteiger partial charge >= 0.3 is 0 Å². The second kappa shape index (κ2) is 18.7. The molecule has 0 bridgehead atoms. The molecule has 0 radical (unpaired) electrons. The molecule has 0 fully saturated rings. The van der Waals surface area contributed by atoms with Gasteiger partial charge in [-0.1, -0.05) is 152 Å². The van der Waals surface area contributed by atoms with Crippen LogP contribution < -0.4 is 20.0 Å². The maximum atomic E-state index is 3.76. The molecule has 4 nitrogen and oxygen atoms in total. The molecule has 0 spiro atoms. The number of para-hydroxylation sites is 3. The highest BCUT2D eigenvalue weighted by molar-refractivity contribution is 5.95. The summed E-state index contributed by atoms with van der Waals surface area (Å²) in [4.78, 5) is 7.04. The molecule has 12 aromatic rings. The maximum Gasteiger partial charge on any atom is 0.0469 e. The van der Waals surface area contributed by atoms with Gasteiger partial charge in [0.2, 0.25) is 0 Å². The number of anilines is 11. The molecule has 0 aliphatic carbocycles. The topological polar surface area (TPSA) is 21.8 Å². The van der Waals surface area contributed by atoms with Gasteiger partial charge in [0.1, 0.15) is 0 Å². The minimum atomic E-state index is 1.03. The fourth-order valence-corrected chi connectivity index (χ4v) is 9.68. The molecule has 0 heterocycles. The lowest BCUT2D eigenvalue weighted by Crippen LogP contribution is -2.13. The highest BCUT2D eigenvalue weighted by atomic mass is 15.2. The van der Waals surface area contributed by atoms with E-state index in [1.807, 2.05) is 0 Å². The average Bonchev–Trinajstić information content (AvgIpc) is 3.43. The predicted molar refractivity (Wildman–Crippen MR) is 298 cm³/mol. The van der Waals surface area contributed by atoms with E-state index < -0.39 is 0 Å². The second-order valence-electron chi connectivity index (χ2n) is 17.6. The molecule has 1 N–H and O–H groups in total. The Morgan fingerprint density at radius 3 is 0.971 bits per heavy atom. The van der Waals surface area contributed by atoms with Crippen LogP contribution in [0, 0.1) is 0 Å². The molecule has 4 heteroatoms. The van der Waals surface area contributed by atoms with E-state index in [1.165, 1.54) is 32.3 Å². The van der Waals surface area contributed by atoms with Crippen LogP contribution in [0.5, 0.6) is 0 Å². The molecular weight excluding hydrogens is 849 g/mol. The summed E-state index contributed by atoms with van der Waals surface area (Å²) >= 11 is 0. The molecule has 0 unspecified atom stereocenters. The van der Waals surface area contributed by atoms with Crippen LogP contribution in [0.3, 0.4) is 0 Å². The molecule has 0 aromatic heterocycles. The van der Waals surface area contributed by atoms with Crippen molar-refractivity contribution in [3.8, 4) is 11.1 Å². The quantitative estimate of drug-likeness (QED) is 0.132. The van der Waals surface area contributed by atoms with Crippen LogP contribution in [0.15, 0.2) is 285 Å². The third kappa shape index (κ3) is 8.47. The molecule has 0 aliphatic heterocycles. The van der Waals surface area contributed by atoms with Gasteiger partial charge in [-0.3, -0.25) is 0 Å². The molecule has 0 atom stereocenters. The zero-order chi connectivity index (χ0) is 46.6. The largest absolute Gasteiger partial charge is 0.355 e. The van der Waals surface area contributed by atoms with E-state index in [0.717, 1.165) is 73.7 Å². The van der Waals surface area contributed by atoms with Crippen LogP contribution in [-0.4, -0.2) is 0 Å². The van der Waals surface area contributed by atoms with Gasteiger partial charge in [-0.05, 0) is 171 Å². The molecule has 0 aliphatic rings. The Kier molecular flexibility index (Phi) is 11.2. The van der Waals surface area contributed by atoms with Crippen LogP contribution in [-0.2, 0) is 0 Å². The Morgan fingerprint density at radius 2 is 0.529 bits per heavy atom. The lowest BCUT2D eigenvalue weighted by molar-refractivity contribution is 1.25. The number of nitrogens with zero attached hydrogens (tertiary/aromatic N) is 3. The second-order valence-corrected chi connectivity index (χ2v) is 17.6. The van der Waals surface area contributed by atoms with Crippen molar-refractivity contribution in [1.82, 2.24) is 0 Å². The number of rotatable bonds is 12. The SMILES string of the molecule is c1ccc(Nc2ccc(N(c3ccc(N(c4ccccc4)c4ccc5ccccc5c4)cc3)c3ccc(N(c4ccccc4)c4ccc5ccccc5c4)cc3)cc2-c2ccc3ccccc3c2)cc1. The summed E-state index contributed by atoms with van der Waals surface area (Å²) in [5.74, 6) is 0. The van der Waals surface area contributed by atoms with Gasteiger partial charge < -0.3 is 20.0 Å². The third-order valence-electron chi connectivity index (χ3n) is 13.1. The van der Waals surface area contributed by atoms with Crippen molar-refractivity contribution in [2.45, 2.75) is 0 Å². The van der Waals surface area contributed by atoms with Crippen LogP contribution in [0.1, 0.15) is 0 Å². The average molecular weight is 897 g/mol. The monoisotopic (exact) mass is 896 g/mol. The number of fused-ring (bicyclic) bond motifs is 3. The van der Waals surface area contributed by atoms with Crippen LogP contribution in [0.25, 0.3) is 43.4 Å². The number of hydrogen-bond donors (Lipinski definition) is 1. The Labute approximate surface area is 409 Å². The number of hydrogen-bond acceptors (Lipinski definition) is 4. The van der Waals surface area contributed by atoms with Gasteiger partial charge in [-0.2, -0.15) is 0 Å². The highest BCUT2D eigenvalue weighted by Gasteiger charge is 2.20. The van der Waals surface area contributed by atoms with E-state index >= 15 is 0 Å². The van der Waals surface area contributed by atoms with Gasteiger partial charge in [0.15, 0.2) is 0 Å². The first-order valence-electron chi connectivity index (χ1n) is 23.8. The molecular formula is C66H48N4. The lowest BCUT2D eigenvalue weighted by Gasteiger charge is -2.30. The van der Waals surface area contributed by atoms with Gasteiger partial charge in [0, 0.05) is 68.1 Å². The van der Waals surface area contributed by atoms with E-state index in [2.05, 4.69) is 305 Å². The summed E-state index contributed by atoms with van der Waals surface area (Å²) < 4.78 is 0. The van der Waals surface area contributed by atoms with Crippen molar-refractivity contribution in [3.05, 3.63) is 285 Å². The van der Waals surface area contributed by atoms with Crippen molar-refractivity contribution >= 4 is 94.9 Å². The fraction of sp³-hybridized carbons (Fsp3) is 0. The van der Waals surface area contributed by atoms with E-state index in [-0.39, 0.29) is 0 Å². The summed E-state index contributed by atoms with van der Waals surface area (Å²) in [5, 5.41) is 11.0. The normalized spacial score (nSPS) is 11.1. The molecule has 12 rings (SSSR count). The molecule has 332 valence electrons. The van der Waals surface area contributed by atoms with Crippen molar-refractivity contribution in [2.75, 3.05) is 20.0 Å². The zero-order valence-corrected chi connectivity index (χ0v) is 38.5. The van der Waals surface area contributed by atoms with E-state index in [9.17, 15) is 0 Å². The first kappa shape index (κ1) is 42.0. The first-order chi connectivity index (χ1) is 34.7. The summed E-state index contributed by atoms with van der Waals surface area (Å²) in [7, 11) is 0. The predicted octanol–water partition coefficient (Wildman–Crippen LogP) is 19.0. The van der Waals surface area contributed by atoms with E-state index in [1.54, 1.807) is 0 Å².